The van der Waals surface area contributed by atoms with Gasteiger partial charge in [-0.2, -0.15) is 5.26 Å². The minimum Gasteiger partial charge on any atom is -0.381 e. The van der Waals surface area contributed by atoms with Crippen LogP contribution in [0.5, 0.6) is 0 Å². The molecule has 2 aromatic rings. The molecule has 0 amide bonds. The lowest BCUT2D eigenvalue weighted by Gasteiger charge is -2.34. The topological polar surface area (TPSA) is 76.2 Å². The smallest absolute Gasteiger partial charge is 0.142 e. The molecule has 0 aromatic carbocycles. The Labute approximate surface area is 182 Å². The van der Waals surface area contributed by atoms with Gasteiger partial charge in [0.1, 0.15) is 17.6 Å². The first-order chi connectivity index (χ1) is 14.5. The molecule has 162 valence electrons. The number of piperidine rings is 1. The normalized spacial score (nSPS) is 21.5. The van der Waals surface area contributed by atoms with Gasteiger partial charge in [0.2, 0.25) is 0 Å². The molecule has 4 heterocycles. The molecule has 4 rings (SSSR count). The van der Waals surface area contributed by atoms with Gasteiger partial charge in [0.15, 0.2) is 0 Å². The molecule has 2 aliphatic rings. The monoisotopic (exact) mass is 431 g/mol. The van der Waals surface area contributed by atoms with E-state index in [4.69, 9.17) is 26.1 Å². The fourth-order valence-electron chi connectivity index (χ4n) is 4.38. The third-order valence-corrected chi connectivity index (χ3v) is 6.63. The molecule has 0 spiro atoms. The molecule has 2 atom stereocenters. The van der Waals surface area contributed by atoms with Crippen LogP contribution in [0.15, 0.2) is 12.3 Å². The van der Waals surface area contributed by atoms with Crippen LogP contribution in [0.2, 0.25) is 0 Å². The molecule has 2 fully saturated rings. The van der Waals surface area contributed by atoms with E-state index in [2.05, 4.69) is 20.5 Å². The zero-order valence-corrected chi connectivity index (χ0v) is 18.5. The second kappa shape index (κ2) is 9.61. The fraction of sp³-hybridized carbons (Fsp3) is 0.682. The van der Waals surface area contributed by atoms with Crippen LogP contribution in [0.3, 0.4) is 0 Å². The highest BCUT2D eigenvalue weighted by Crippen LogP contribution is 2.29. The summed E-state index contributed by atoms with van der Waals surface area (Å²) in [6.45, 7) is 8.32. The first kappa shape index (κ1) is 21.5. The van der Waals surface area contributed by atoms with Crippen LogP contribution in [0, 0.1) is 11.3 Å². The van der Waals surface area contributed by atoms with Crippen LogP contribution >= 0.6 is 11.6 Å². The minimum atomic E-state index is 0.0225. The Morgan fingerprint density at radius 1 is 1.27 bits per heavy atom. The second-order valence-corrected chi connectivity index (χ2v) is 9.09. The van der Waals surface area contributed by atoms with Crippen LogP contribution in [0.25, 0.3) is 11.0 Å². The molecule has 7 nitrogen and oxygen atoms in total. The van der Waals surface area contributed by atoms with E-state index < -0.39 is 0 Å². The average molecular weight is 432 g/mol. The third kappa shape index (κ3) is 4.78. The number of rotatable bonds is 6. The molecule has 1 unspecified atom stereocenters. The number of hydrogen-bond acceptors (Lipinski definition) is 6. The molecular formula is C22H30ClN5O2. The van der Waals surface area contributed by atoms with E-state index in [0.717, 1.165) is 75.4 Å². The van der Waals surface area contributed by atoms with E-state index in [1.165, 1.54) is 0 Å². The lowest BCUT2D eigenvalue weighted by Crippen LogP contribution is -2.39. The summed E-state index contributed by atoms with van der Waals surface area (Å²) in [4.78, 5) is 11.7. The van der Waals surface area contributed by atoms with Crippen molar-refractivity contribution >= 4 is 22.6 Å². The molecular weight excluding hydrogens is 402 g/mol. The summed E-state index contributed by atoms with van der Waals surface area (Å²) in [5, 5.41) is 9.23. The van der Waals surface area contributed by atoms with E-state index in [9.17, 15) is 5.26 Å². The number of likely N-dealkylation sites (tertiary alicyclic amines) is 1. The van der Waals surface area contributed by atoms with Crippen LogP contribution in [0.4, 0.5) is 0 Å². The summed E-state index contributed by atoms with van der Waals surface area (Å²) >= 11 is 6.15. The number of pyridine rings is 1. The highest BCUT2D eigenvalue weighted by atomic mass is 35.5. The summed E-state index contributed by atoms with van der Waals surface area (Å²) in [5.74, 6) is 1.05. The van der Waals surface area contributed by atoms with Crippen molar-refractivity contribution in [2.75, 3.05) is 26.3 Å². The summed E-state index contributed by atoms with van der Waals surface area (Å²) in [6, 6.07) is 4.28. The SMILES string of the molecule is CC(OC1CCN(Cc2nc3cc(C#N)ncc3n2C2CCOCC2)CC1)[C@@H](C)Cl. The molecule has 30 heavy (non-hydrogen) atoms. The van der Waals surface area contributed by atoms with Crippen molar-refractivity contribution in [1.29, 1.82) is 5.26 Å². The Bertz CT molecular complexity index is 895. The van der Waals surface area contributed by atoms with E-state index in [1.807, 2.05) is 13.8 Å². The van der Waals surface area contributed by atoms with Gasteiger partial charge in [-0.25, -0.2) is 9.97 Å². The number of ether oxygens (including phenoxy) is 2. The largest absolute Gasteiger partial charge is 0.381 e. The highest BCUT2D eigenvalue weighted by molar-refractivity contribution is 6.20. The Balaban J connectivity index is 1.50. The number of fused-ring (bicyclic) bond motifs is 1. The fourth-order valence-corrected chi connectivity index (χ4v) is 4.44. The molecule has 2 saturated heterocycles. The van der Waals surface area contributed by atoms with Crippen molar-refractivity contribution in [1.82, 2.24) is 19.4 Å². The van der Waals surface area contributed by atoms with Crippen molar-refractivity contribution in [2.24, 2.45) is 0 Å². The first-order valence-corrected chi connectivity index (χ1v) is 11.4. The number of hydrogen-bond donors (Lipinski definition) is 0. The van der Waals surface area contributed by atoms with Gasteiger partial charge in [0, 0.05) is 38.4 Å². The maximum absolute atomic E-state index is 9.21. The van der Waals surface area contributed by atoms with Crippen LogP contribution < -0.4 is 0 Å². The summed E-state index contributed by atoms with van der Waals surface area (Å²) in [7, 11) is 0. The van der Waals surface area contributed by atoms with Gasteiger partial charge >= 0.3 is 0 Å². The van der Waals surface area contributed by atoms with Crippen molar-refractivity contribution in [2.45, 2.75) is 69.7 Å². The summed E-state index contributed by atoms with van der Waals surface area (Å²) in [6.07, 6.45) is 6.11. The van der Waals surface area contributed by atoms with Crippen molar-refractivity contribution in [3.63, 3.8) is 0 Å². The second-order valence-electron chi connectivity index (χ2n) is 8.41. The predicted octanol–water partition coefficient (Wildman–Crippen LogP) is 3.65. The molecule has 0 bridgehead atoms. The van der Waals surface area contributed by atoms with Gasteiger partial charge in [-0.05, 0) is 39.5 Å². The lowest BCUT2D eigenvalue weighted by atomic mass is 10.1. The third-order valence-electron chi connectivity index (χ3n) is 6.27. The van der Waals surface area contributed by atoms with E-state index >= 15 is 0 Å². The molecule has 2 aromatic heterocycles. The van der Waals surface area contributed by atoms with Crippen LogP contribution in [-0.2, 0) is 16.0 Å². The lowest BCUT2D eigenvalue weighted by molar-refractivity contribution is -0.0356. The van der Waals surface area contributed by atoms with E-state index in [1.54, 1.807) is 12.3 Å². The van der Waals surface area contributed by atoms with Gasteiger partial charge in [0.05, 0.1) is 41.4 Å². The minimum absolute atomic E-state index is 0.0225. The van der Waals surface area contributed by atoms with Gasteiger partial charge in [-0.3, -0.25) is 4.90 Å². The standard InChI is InChI=1S/C22H30ClN5O2/c1-15(23)16(2)30-19-3-7-27(8-4-19)14-22-26-20-11-17(12-24)25-13-21(20)28(22)18-5-9-29-10-6-18/h11,13,15-16,18-19H,3-10,14H2,1-2H3/t15-,16?/m1/s1. The zero-order chi connectivity index (χ0) is 21.1. The number of nitrogens with zero attached hydrogens (tertiary/aromatic N) is 5. The average Bonchev–Trinajstić information content (AvgIpc) is 3.12. The van der Waals surface area contributed by atoms with Gasteiger partial charge in [0.25, 0.3) is 0 Å². The van der Waals surface area contributed by atoms with Gasteiger partial charge < -0.3 is 14.0 Å². The summed E-state index contributed by atoms with van der Waals surface area (Å²) in [5.41, 5.74) is 2.27. The maximum Gasteiger partial charge on any atom is 0.142 e. The quantitative estimate of drug-likeness (QED) is 0.650. The molecule has 0 aliphatic carbocycles. The number of nitriles is 1. The number of aromatic nitrogens is 3. The highest BCUT2D eigenvalue weighted by Gasteiger charge is 2.27. The Morgan fingerprint density at radius 3 is 2.67 bits per heavy atom. The van der Waals surface area contributed by atoms with Gasteiger partial charge in [-0.1, -0.05) is 0 Å². The first-order valence-electron chi connectivity index (χ1n) is 10.9. The molecule has 0 saturated carbocycles. The Hall–Kier alpha value is -1.72. The number of halogens is 1. The van der Waals surface area contributed by atoms with E-state index in [0.29, 0.717) is 11.7 Å². The molecule has 0 radical (unpaired) electrons. The Kier molecular flexibility index (Phi) is 6.89. The number of alkyl halides is 1. The molecule has 2 aliphatic heterocycles. The van der Waals surface area contributed by atoms with Crippen molar-refractivity contribution in [3.8, 4) is 6.07 Å². The van der Waals surface area contributed by atoms with Crippen molar-refractivity contribution < 1.29 is 9.47 Å². The van der Waals surface area contributed by atoms with Crippen LogP contribution in [0.1, 0.15) is 57.1 Å². The van der Waals surface area contributed by atoms with Crippen molar-refractivity contribution in [3.05, 3.63) is 23.8 Å². The maximum atomic E-state index is 9.21. The summed E-state index contributed by atoms with van der Waals surface area (Å²) < 4.78 is 14.0. The molecule has 0 N–H and O–H groups in total. The Morgan fingerprint density at radius 2 is 2.00 bits per heavy atom. The number of imidazole rings is 1. The van der Waals surface area contributed by atoms with Gasteiger partial charge in [-0.15, -0.1) is 11.6 Å². The van der Waals surface area contributed by atoms with E-state index in [-0.39, 0.29) is 17.6 Å². The molecule has 8 heteroatoms. The predicted molar refractivity (Wildman–Crippen MR) is 115 cm³/mol. The van der Waals surface area contributed by atoms with Crippen LogP contribution in [-0.4, -0.2) is 63.3 Å². The zero-order valence-electron chi connectivity index (χ0n) is 17.8.